The van der Waals surface area contributed by atoms with Gasteiger partial charge in [0.15, 0.2) is 0 Å². The van der Waals surface area contributed by atoms with Gasteiger partial charge in [0.25, 0.3) is 0 Å². The number of nitrogens with one attached hydrogen (secondary N) is 2. The second-order valence-corrected chi connectivity index (χ2v) is 3.27. The first-order valence-electron chi connectivity index (χ1n) is 3.88. The second-order valence-electron chi connectivity index (χ2n) is 2.48. The summed E-state index contributed by atoms with van der Waals surface area (Å²) < 4.78 is 20.9. The summed E-state index contributed by atoms with van der Waals surface area (Å²) in [6.07, 6.45) is 0. The predicted molar refractivity (Wildman–Crippen MR) is 52.1 cm³/mol. The van der Waals surface area contributed by atoms with Gasteiger partial charge < -0.3 is 0 Å². The molecule has 1 aromatic rings. The average Bonchev–Trinajstić information content (AvgIpc) is 2.14. The molecule has 72 valence electrons. The van der Waals surface area contributed by atoms with Crippen LogP contribution in [-0.2, 0) is 17.8 Å². The lowest BCUT2D eigenvalue weighted by Gasteiger charge is -2.03. The van der Waals surface area contributed by atoms with Crippen molar-refractivity contribution in [1.82, 2.24) is 10.0 Å². The van der Waals surface area contributed by atoms with Crippen LogP contribution in [0.3, 0.4) is 0 Å². The fourth-order valence-corrected chi connectivity index (χ4v) is 1.14. The van der Waals surface area contributed by atoms with Gasteiger partial charge in [0.05, 0.1) is 6.67 Å². The predicted octanol–water partition coefficient (Wildman–Crippen LogP) is 0.460. The Morgan fingerprint density at radius 1 is 1.31 bits per heavy atom. The van der Waals surface area contributed by atoms with E-state index in [0.717, 1.165) is 5.56 Å². The highest BCUT2D eigenvalue weighted by Gasteiger charge is 1.91. The Morgan fingerprint density at radius 3 is 2.62 bits per heavy atom. The summed E-state index contributed by atoms with van der Waals surface area (Å²) in [5.74, 6) is 0. The third-order valence-corrected chi connectivity index (χ3v) is 1.88. The zero-order valence-corrected chi connectivity index (χ0v) is 7.88. The molecule has 13 heavy (non-hydrogen) atoms. The van der Waals surface area contributed by atoms with E-state index in [1.807, 2.05) is 30.3 Å². The van der Waals surface area contributed by atoms with Crippen molar-refractivity contribution in [2.75, 3.05) is 6.67 Å². The van der Waals surface area contributed by atoms with Gasteiger partial charge in [-0.2, -0.15) is 0 Å². The summed E-state index contributed by atoms with van der Waals surface area (Å²) in [6.45, 7) is 1.00. The lowest BCUT2D eigenvalue weighted by molar-refractivity contribution is 0.539. The van der Waals surface area contributed by atoms with E-state index in [4.69, 9.17) is 4.55 Å². The van der Waals surface area contributed by atoms with Crippen molar-refractivity contribution in [3.63, 3.8) is 0 Å². The third kappa shape index (κ3) is 4.74. The molecule has 0 amide bonds. The van der Waals surface area contributed by atoms with Crippen molar-refractivity contribution in [3.8, 4) is 0 Å². The molecule has 0 spiro atoms. The molecule has 0 fully saturated rings. The first kappa shape index (κ1) is 10.3. The van der Waals surface area contributed by atoms with Crippen LogP contribution in [0.2, 0.25) is 0 Å². The van der Waals surface area contributed by atoms with Crippen LogP contribution in [0.5, 0.6) is 0 Å². The van der Waals surface area contributed by atoms with Crippen molar-refractivity contribution >= 4 is 11.3 Å². The highest BCUT2D eigenvalue weighted by atomic mass is 32.2. The minimum absolute atomic E-state index is 0.317. The summed E-state index contributed by atoms with van der Waals surface area (Å²) in [5.41, 5.74) is 1.15. The SMILES string of the molecule is O=S(O)NCNCc1ccccc1. The van der Waals surface area contributed by atoms with Gasteiger partial charge in [-0.25, -0.2) is 8.93 Å². The zero-order valence-electron chi connectivity index (χ0n) is 7.06. The van der Waals surface area contributed by atoms with Gasteiger partial charge in [-0.15, -0.1) is 0 Å². The largest absolute Gasteiger partial charge is 0.300 e. The van der Waals surface area contributed by atoms with Crippen molar-refractivity contribution in [2.24, 2.45) is 0 Å². The number of hydrogen-bond acceptors (Lipinski definition) is 2. The van der Waals surface area contributed by atoms with Crippen molar-refractivity contribution in [2.45, 2.75) is 6.54 Å². The molecule has 0 saturated heterocycles. The lowest BCUT2D eigenvalue weighted by Crippen LogP contribution is -2.29. The van der Waals surface area contributed by atoms with E-state index in [1.165, 1.54) is 0 Å². The first-order chi connectivity index (χ1) is 6.29. The van der Waals surface area contributed by atoms with E-state index >= 15 is 0 Å². The summed E-state index contributed by atoms with van der Waals surface area (Å²) >= 11 is -1.94. The van der Waals surface area contributed by atoms with Gasteiger partial charge in [-0.1, -0.05) is 30.3 Å². The highest BCUT2D eigenvalue weighted by molar-refractivity contribution is 7.77. The quantitative estimate of drug-likeness (QED) is 0.367. The Labute approximate surface area is 79.8 Å². The maximum absolute atomic E-state index is 10.2. The van der Waals surface area contributed by atoms with Crippen LogP contribution >= 0.6 is 0 Å². The van der Waals surface area contributed by atoms with E-state index in [-0.39, 0.29) is 0 Å². The number of hydrogen-bond donors (Lipinski definition) is 3. The Bertz CT molecular complexity index is 266. The fraction of sp³-hybridized carbons (Fsp3) is 0.250. The molecule has 4 nitrogen and oxygen atoms in total. The molecule has 0 saturated carbocycles. The van der Waals surface area contributed by atoms with Crippen molar-refractivity contribution in [3.05, 3.63) is 35.9 Å². The topological polar surface area (TPSA) is 61.4 Å². The standard InChI is InChI=1S/C8H12N2O2S/c11-13(12)10-7-9-6-8-4-2-1-3-5-8/h1-5,9-10H,6-7H2,(H,11,12). The molecule has 3 N–H and O–H groups in total. The maximum Gasteiger partial charge on any atom is 0.232 e. The molecule has 0 aliphatic carbocycles. The van der Waals surface area contributed by atoms with Gasteiger partial charge in [0.2, 0.25) is 11.3 Å². The molecule has 1 rings (SSSR count). The molecular formula is C8H12N2O2S. The molecule has 0 bridgehead atoms. The zero-order chi connectivity index (χ0) is 9.52. The molecule has 0 aliphatic heterocycles. The monoisotopic (exact) mass is 200 g/mol. The Balaban J connectivity index is 2.17. The van der Waals surface area contributed by atoms with E-state index in [9.17, 15) is 4.21 Å². The van der Waals surface area contributed by atoms with Gasteiger partial charge >= 0.3 is 0 Å². The summed E-state index contributed by atoms with van der Waals surface area (Å²) in [7, 11) is 0. The van der Waals surface area contributed by atoms with Crippen LogP contribution in [0.1, 0.15) is 5.56 Å². The van der Waals surface area contributed by atoms with Crippen LogP contribution in [0.25, 0.3) is 0 Å². The van der Waals surface area contributed by atoms with Gasteiger partial charge in [-0.05, 0) is 5.56 Å². The normalized spacial score (nSPS) is 12.7. The highest BCUT2D eigenvalue weighted by Crippen LogP contribution is 1.96. The lowest BCUT2D eigenvalue weighted by atomic mass is 10.2. The van der Waals surface area contributed by atoms with Crippen molar-refractivity contribution in [1.29, 1.82) is 0 Å². The third-order valence-electron chi connectivity index (χ3n) is 1.49. The Morgan fingerprint density at radius 2 is 2.00 bits per heavy atom. The maximum atomic E-state index is 10.2. The second kappa shape index (κ2) is 5.82. The van der Waals surface area contributed by atoms with Gasteiger partial charge in [0, 0.05) is 6.54 Å². The minimum atomic E-state index is -1.94. The Kier molecular flexibility index (Phi) is 4.63. The minimum Gasteiger partial charge on any atom is -0.300 e. The van der Waals surface area contributed by atoms with Crippen LogP contribution in [0.15, 0.2) is 30.3 Å². The van der Waals surface area contributed by atoms with Crippen LogP contribution < -0.4 is 10.0 Å². The Hall–Kier alpha value is -0.750. The molecule has 0 aromatic heterocycles. The van der Waals surface area contributed by atoms with Gasteiger partial charge in [-0.3, -0.25) is 9.87 Å². The van der Waals surface area contributed by atoms with Crippen LogP contribution in [0, 0.1) is 0 Å². The summed E-state index contributed by atoms with van der Waals surface area (Å²) in [6, 6.07) is 9.83. The van der Waals surface area contributed by atoms with E-state index in [0.29, 0.717) is 13.2 Å². The molecule has 0 heterocycles. The fourth-order valence-electron chi connectivity index (χ4n) is 0.915. The van der Waals surface area contributed by atoms with Crippen LogP contribution in [-0.4, -0.2) is 15.4 Å². The smallest absolute Gasteiger partial charge is 0.232 e. The number of benzene rings is 1. The molecule has 1 aromatic carbocycles. The van der Waals surface area contributed by atoms with Crippen molar-refractivity contribution < 1.29 is 8.76 Å². The first-order valence-corrected chi connectivity index (χ1v) is 4.98. The molecule has 0 radical (unpaired) electrons. The average molecular weight is 200 g/mol. The molecule has 1 unspecified atom stereocenters. The van der Waals surface area contributed by atoms with E-state index in [2.05, 4.69) is 10.0 Å². The van der Waals surface area contributed by atoms with Crippen LogP contribution in [0.4, 0.5) is 0 Å². The molecule has 0 aliphatic rings. The van der Waals surface area contributed by atoms with Gasteiger partial charge in [0.1, 0.15) is 0 Å². The molecular weight excluding hydrogens is 188 g/mol. The number of rotatable bonds is 5. The van der Waals surface area contributed by atoms with E-state index < -0.39 is 11.3 Å². The summed E-state index contributed by atoms with van der Waals surface area (Å²) in [4.78, 5) is 0. The molecule has 5 heteroatoms. The summed E-state index contributed by atoms with van der Waals surface area (Å²) in [5, 5.41) is 2.97. The molecule has 1 atom stereocenters. The van der Waals surface area contributed by atoms with E-state index in [1.54, 1.807) is 0 Å².